The maximum absolute atomic E-state index is 12.2. The third-order valence-corrected chi connectivity index (χ3v) is 6.43. The summed E-state index contributed by atoms with van der Waals surface area (Å²) >= 11 is 0. The summed E-state index contributed by atoms with van der Waals surface area (Å²) in [5, 5.41) is 14.4. The van der Waals surface area contributed by atoms with Gasteiger partial charge in [-0.15, -0.1) is 0 Å². The van der Waals surface area contributed by atoms with Crippen LogP contribution in [0.5, 0.6) is 11.6 Å². The van der Waals surface area contributed by atoms with Gasteiger partial charge in [0.05, 0.1) is 5.39 Å². The number of carboxylic acid groups (broad SMARTS) is 1. The van der Waals surface area contributed by atoms with E-state index in [9.17, 15) is 19.5 Å². The minimum absolute atomic E-state index is 0.0684. The van der Waals surface area contributed by atoms with Crippen molar-refractivity contribution in [1.82, 2.24) is 9.97 Å². The Bertz CT molecular complexity index is 1500. The number of anilines is 2. The number of rotatable bonds is 12. The second-order valence-corrected chi connectivity index (χ2v) is 9.65. The number of nitrogens with one attached hydrogen (secondary N) is 1. The summed E-state index contributed by atoms with van der Waals surface area (Å²) in [4.78, 5) is 47.0. The van der Waals surface area contributed by atoms with Gasteiger partial charge < -0.3 is 20.1 Å². The Balaban J connectivity index is 1.52. The Morgan fingerprint density at radius 3 is 2.39 bits per heavy atom. The molecule has 0 saturated heterocycles. The molecule has 0 saturated carbocycles. The zero-order chi connectivity index (χ0) is 27.4. The molecule has 0 aliphatic carbocycles. The van der Waals surface area contributed by atoms with Gasteiger partial charge in [0.25, 0.3) is 10.9 Å². The Labute approximate surface area is 220 Å². The molecule has 4 aromatic rings. The van der Waals surface area contributed by atoms with Gasteiger partial charge in [-0.05, 0) is 61.4 Å². The lowest BCUT2D eigenvalue weighted by molar-refractivity contribution is -0.137. The Morgan fingerprint density at radius 1 is 1.05 bits per heavy atom. The van der Waals surface area contributed by atoms with Crippen molar-refractivity contribution in [3.05, 3.63) is 80.5 Å². The van der Waals surface area contributed by atoms with Crippen LogP contribution in [0.2, 0.25) is 0 Å². The van der Waals surface area contributed by atoms with E-state index in [0.717, 1.165) is 28.5 Å². The third kappa shape index (κ3) is 5.66. The van der Waals surface area contributed by atoms with Crippen molar-refractivity contribution in [2.45, 2.75) is 46.6 Å². The molecule has 2 N–H and O–H groups in total. The summed E-state index contributed by atoms with van der Waals surface area (Å²) < 4.78 is 6.13. The van der Waals surface area contributed by atoms with Crippen LogP contribution < -0.4 is 25.8 Å². The lowest BCUT2D eigenvalue weighted by Crippen LogP contribution is -2.45. The van der Waals surface area contributed by atoms with Crippen LogP contribution in [-0.2, 0) is 17.6 Å². The fraction of sp³-hybridized carbons (Fsp3) is 0.345. The number of aliphatic carboxylic acids is 1. The zero-order valence-electron chi connectivity index (χ0n) is 22.0. The first-order valence-corrected chi connectivity index (χ1v) is 12.8. The van der Waals surface area contributed by atoms with Gasteiger partial charge in [0, 0.05) is 37.6 Å². The topological polar surface area (TPSA) is 122 Å². The molecule has 4 rings (SSSR count). The highest BCUT2D eigenvalue weighted by Crippen LogP contribution is 2.29. The molecule has 0 fully saturated rings. The predicted octanol–water partition coefficient (Wildman–Crippen LogP) is 4.17. The molecule has 2 heterocycles. The van der Waals surface area contributed by atoms with Crippen molar-refractivity contribution in [2.75, 3.05) is 23.3 Å². The van der Waals surface area contributed by atoms with Crippen molar-refractivity contribution in [3.63, 3.8) is 0 Å². The predicted molar refractivity (Wildman–Crippen MR) is 148 cm³/mol. The molecule has 0 radical (unpaired) electrons. The van der Waals surface area contributed by atoms with Crippen molar-refractivity contribution >= 4 is 28.1 Å². The van der Waals surface area contributed by atoms with E-state index in [1.807, 2.05) is 26.0 Å². The van der Waals surface area contributed by atoms with Crippen LogP contribution in [0.25, 0.3) is 10.8 Å². The van der Waals surface area contributed by atoms with Crippen LogP contribution >= 0.6 is 0 Å². The molecular weight excluding hydrogens is 484 g/mol. The molecule has 0 aliphatic heterocycles. The minimum Gasteiger partial charge on any atom is -0.480 e. The molecule has 2 aromatic heterocycles. The van der Waals surface area contributed by atoms with Crippen molar-refractivity contribution in [1.29, 1.82) is 0 Å². The molecule has 1 atom stereocenters. The second-order valence-electron chi connectivity index (χ2n) is 9.65. The van der Waals surface area contributed by atoms with E-state index < -0.39 is 22.9 Å². The van der Waals surface area contributed by atoms with Gasteiger partial charge in [-0.1, -0.05) is 26.0 Å². The third-order valence-electron chi connectivity index (χ3n) is 6.43. The smallest absolute Gasteiger partial charge is 0.326 e. The van der Waals surface area contributed by atoms with E-state index in [2.05, 4.69) is 24.1 Å². The summed E-state index contributed by atoms with van der Waals surface area (Å²) in [6, 6.07) is 9.96. The monoisotopic (exact) mass is 516 g/mol. The molecule has 0 aliphatic rings. The molecule has 0 spiro atoms. The standard InChI is InChI=1S/C29H32N4O5/c1-5-33(6-2)25-24(26(34)27(25)35)32-23(29(36)37)14-18-7-9-21(10-8-18)38-28-22-16-30-12-11-19(22)15-20(31-28)13-17(3)4/h7-12,15-17,23,32H,5-6,13-14H2,1-4H3,(H,36,37)/t23-/m0/s1. The molecular formula is C29H32N4O5. The number of nitrogens with zero attached hydrogens (tertiary/aromatic N) is 3. The number of hydrogen-bond acceptors (Lipinski definition) is 8. The number of ether oxygens (including phenoxy) is 1. The van der Waals surface area contributed by atoms with Crippen LogP contribution in [0.3, 0.4) is 0 Å². The quantitative estimate of drug-likeness (QED) is 0.267. The first-order valence-electron chi connectivity index (χ1n) is 12.8. The Morgan fingerprint density at radius 2 is 1.76 bits per heavy atom. The summed E-state index contributed by atoms with van der Waals surface area (Å²) in [6.07, 6.45) is 4.39. The van der Waals surface area contributed by atoms with Gasteiger partial charge in [-0.25, -0.2) is 9.78 Å². The number of benzene rings is 1. The van der Waals surface area contributed by atoms with E-state index in [1.54, 1.807) is 41.6 Å². The van der Waals surface area contributed by atoms with Crippen LogP contribution in [0, 0.1) is 5.92 Å². The number of carbonyl (C=O) groups is 1. The minimum atomic E-state index is -1.12. The average Bonchev–Trinajstić information content (AvgIpc) is 2.90. The molecule has 9 nitrogen and oxygen atoms in total. The highest BCUT2D eigenvalue weighted by molar-refractivity contribution is 5.86. The largest absolute Gasteiger partial charge is 0.480 e. The number of pyridine rings is 2. The summed E-state index contributed by atoms with van der Waals surface area (Å²) in [5.41, 5.74) is 0.714. The molecule has 198 valence electrons. The van der Waals surface area contributed by atoms with Crippen LogP contribution in [-0.4, -0.2) is 40.2 Å². The van der Waals surface area contributed by atoms with Gasteiger partial charge in [0.15, 0.2) is 0 Å². The Hall–Kier alpha value is -4.27. The van der Waals surface area contributed by atoms with E-state index in [0.29, 0.717) is 30.6 Å². The highest BCUT2D eigenvalue weighted by atomic mass is 16.5. The van der Waals surface area contributed by atoms with Crippen molar-refractivity contribution < 1.29 is 14.6 Å². The molecule has 9 heteroatoms. The van der Waals surface area contributed by atoms with E-state index >= 15 is 0 Å². The number of carboxylic acids is 1. The van der Waals surface area contributed by atoms with Crippen LogP contribution in [0.4, 0.5) is 11.4 Å². The van der Waals surface area contributed by atoms with Gasteiger partial charge >= 0.3 is 5.97 Å². The van der Waals surface area contributed by atoms with E-state index in [1.165, 1.54) is 0 Å². The molecule has 2 aromatic carbocycles. The lowest BCUT2D eigenvalue weighted by atomic mass is 10.0. The fourth-order valence-electron chi connectivity index (χ4n) is 4.48. The summed E-state index contributed by atoms with van der Waals surface area (Å²) in [6.45, 7) is 9.09. The van der Waals surface area contributed by atoms with Crippen molar-refractivity contribution in [2.24, 2.45) is 5.92 Å². The van der Waals surface area contributed by atoms with E-state index in [-0.39, 0.29) is 17.8 Å². The second kappa shape index (κ2) is 11.4. The molecule has 0 unspecified atom stereocenters. The van der Waals surface area contributed by atoms with Crippen molar-refractivity contribution in [3.8, 4) is 11.6 Å². The fourth-order valence-corrected chi connectivity index (χ4v) is 4.48. The average molecular weight is 517 g/mol. The summed E-state index contributed by atoms with van der Waals surface area (Å²) in [7, 11) is 0. The number of hydrogen-bond donors (Lipinski definition) is 2. The lowest BCUT2D eigenvalue weighted by Gasteiger charge is -2.26. The number of fused-ring (bicyclic) bond motifs is 1. The van der Waals surface area contributed by atoms with Gasteiger partial charge in [-0.2, -0.15) is 0 Å². The Kier molecular flexibility index (Phi) is 8.05. The van der Waals surface area contributed by atoms with Gasteiger partial charge in [0.2, 0.25) is 5.88 Å². The summed E-state index contributed by atoms with van der Waals surface area (Å²) in [5.74, 6) is 0.346. The van der Waals surface area contributed by atoms with Gasteiger partial charge in [0.1, 0.15) is 23.2 Å². The maximum atomic E-state index is 12.2. The number of aromatic nitrogens is 2. The van der Waals surface area contributed by atoms with Crippen LogP contribution in [0.15, 0.2) is 58.4 Å². The zero-order valence-corrected chi connectivity index (χ0v) is 22.0. The maximum Gasteiger partial charge on any atom is 0.326 e. The first kappa shape index (κ1) is 26.8. The first-order chi connectivity index (χ1) is 18.2. The molecule has 38 heavy (non-hydrogen) atoms. The SMILES string of the molecule is CCN(CC)c1c(N[C@@H](Cc2ccc(Oc3nc(CC(C)C)cc4ccncc34)cc2)C(=O)O)c(=O)c1=O. The van der Waals surface area contributed by atoms with Gasteiger partial charge in [-0.3, -0.25) is 14.6 Å². The molecule has 0 bridgehead atoms. The van der Waals surface area contributed by atoms with Crippen LogP contribution in [0.1, 0.15) is 39.0 Å². The normalized spacial score (nSPS) is 12.1. The highest BCUT2D eigenvalue weighted by Gasteiger charge is 2.29. The van der Waals surface area contributed by atoms with E-state index in [4.69, 9.17) is 9.72 Å². The molecule has 0 amide bonds.